The maximum atomic E-state index is 5.98. The number of aromatic nitrogens is 1. The Morgan fingerprint density at radius 2 is 2.11 bits per heavy atom. The van der Waals surface area contributed by atoms with Gasteiger partial charge in [-0.25, -0.2) is 0 Å². The average Bonchev–Trinajstić information content (AvgIpc) is 2.46. The second-order valence-corrected chi connectivity index (χ2v) is 4.71. The Morgan fingerprint density at radius 1 is 1.16 bits per heavy atom. The summed E-state index contributed by atoms with van der Waals surface area (Å²) in [4.78, 5) is 4.25. The lowest BCUT2D eigenvalue weighted by Gasteiger charge is -2.16. The van der Waals surface area contributed by atoms with E-state index in [4.69, 9.17) is 16.3 Å². The molecule has 94 valence electrons. The highest BCUT2D eigenvalue weighted by molar-refractivity contribution is 6.30. The highest BCUT2D eigenvalue weighted by Gasteiger charge is 2.09. The Morgan fingerprint density at radius 3 is 2.95 bits per heavy atom. The minimum atomic E-state index is 0.567. The molecule has 3 heteroatoms. The van der Waals surface area contributed by atoms with Gasteiger partial charge >= 0.3 is 0 Å². The van der Waals surface area contributed by atoms with Crippen molar-refractivity contribution in [1.29, 1.82) is 0 Å². The first-order valence-electron chi connectivity index (χ1n) is 6.03. The van der Waals surface area contributed by atoms with E-state index in [0.717, 1.165) is 22.6 Å². The highest BCUT2D eigenvalue weighted by atomic mass is 35.5. The number of fused-ring (bicyclic) bond motifs is 1. The predicted octanol–water partition coefficient (Wildman–Crippen LogP) is 4.22. The van der Waals surface area contributed by atoms with Gasteiger partial charge in [-0.05, 0) is 48.1 Å². The summed E-state index contributed by atoms with van der Waals surface area (Å²) in [5.74, 6) is 0.874. The molecule has 2 heterocycles. The van der Waals surface area contributed by atoms with Gasteiger partial charge in [0.15, 0.2) is 0 Å². The van der Waals surface area contributed by atoms with E-state index in [1.807, 2.05) is 48.6 Å². The van der Waals surface area contributed by atoms with Gasteiger partial charge in [-0.15, -0.1) is 0 Å². The van der Waals surface area contributed by atoms with Crippen molar-refractivity contribution in [3.8, 4) is 5.75 Å². The quantitative estimate of drug-likeness (QED) is 0.814. The molecule has 0 saturated carbocycles. The normalized spacial score (nSPS) is 13.8. The predicted molar refractivity (Wildman–Crippen MR) is 78.2 cm³/mol. The number of halogens is 1. The van der Waals surface area contributed by atoms with Crippen LogP contribution >= 0.6 is 11.6 Å². The first kappa shape index (κ1) is 12.0. The molecule has 0 N–H and O–H groups in total. The number of hydrogen-bond acceptors (Lipinski definition) is 2. The van der Waals surface area contributed by atoms with Crippen molar-refractivity contribution in [2.75, 3.05) is 6.61 Å². The van der Waals surface area contributed by atoms with Gasteiger partial charge in [0.25, 0.3) is 0 Å². The number of ether oxygens (including phenoxy) is 1. The molecule has 0 fully saturated rings. The third-order valence-corrected chi connectivity index (χ3v) is 3.10. The lowest BCUT2D eigenvalue weighted by atomic mass is 10.1. The number of nitrogens with zero attached hydrogens (tertiary/aromatic N) is 1. The highest BCUT2D eigenvalue weighted by Crippen LogP contribution is 2.29. The van der Waals surface area contributed by atoms with Gasteiger partial charge in [0.05, 0.1) is 5.69 Å². The van der Waals surface area contributed by atoms with Crippen LogP contribution in [0.1, 0.15) is 11.3 Å². The molecule has 0 unspecified atom stereocenters. The van der Waals surface area contributed by atoms with Crippen molar-refractivity contribution in [3.05, 3.63) is 70.5 Å². The monoisotopic (exact) mass is 269 g/mol. The molecule has 0 atom stereocenters. The maximum absolute atomic E-state index is 5.98. The van der Waals surface area contributed by atoms with E-state index in [1.165, 1.54) is 0 Å². The SMILES string of the molecule is Clc1ccc2c(c1)C=C(/C=C/c1ccccn1)CO2. The summed E-state index contributed by atoms with van der Waals surface area (Å²) in [7, 11) is 0. The Labute approximate surface area is 117 Å². The second-order valence-electron chi connectivity index (χ2n) is 4.28. The summed E-state index contributed by atoms with van der Waals surface area (Å²) >= 11 is 5.98. The fourth-order valence-corrected chi connectivity index (χ4v) is 2.11. The van der Waals surface area contributed by atoms with Crippen LogP contribution in [-0.4, -0.2) is 11.6 Å². The van der Waals surface area contributed by atoms with Crippen LogP contribution in [0.25, 0.3) is 12.2 Å². The molecule has 0 spiro atoms. The molecule has 0 saturated heterocycles. The number of pyridine rings is 1. The first-order chi connectivity index (χ1) is 9.31. The van der Waals surface area contributed by atoms with Crippen molar-refractivity contribution in [3.63, 3.8) is 0 Å². The Hall–Kier alpha value is -2.06. The van der Waals surface area contributed by atoms with Crippen LogP contribution in [0.5, 0.6) is 5.75 Å². The van der Waals surface area contributed by atoms with E-state index in [0.29, 0.717) is 11.6 Å². The summed E-state index contributed by atoms with van der Waals surface area (Å²) in [6.07, 6.45) is 7.86. The van der Waals surface area contributed by atoms with Crippen LogP contribution in [0.2, 0.25) is 5.02 Å². The van der Waals surface area contributed by atoms with Crippen molar-refractivity contribution in [2.24, 2.45) is 0 Å². The smallest absolute Gasteiger partial charge is 0.127 e. The molecular weight excluding hydrogens is 258 g/mol. The van der Waals surface area contributed by atoms with Crippen LogP contribution in [0, 0.1) is 0 Å². The molecule has 19 heavy (non-hydrogen) atoms. The largest absolute Gasteiger partial charge is 0.488 e. The molecule has 0 aliphatic carbocycles. The molecule has 1 aliphatic heterocycles. The van der Waals surface area contributed by atoms with E-state index < -0.39 is 0 Å². The fourth-order valence-electron chi connectivity index (χ4n) is 1.93. The Balaban J connectivity index is 1.85. The molecule has 1 aliphatic rings. The van der Waals surface area contributed by atoms with E-state index in [1.54, 1.807) is 6.20 Å². The van der Waals surface area contributed by atoms with Gasteiger partial charge in [0.2, 0.25) is 0 Å². The Kier molecular flexibility index (Phi) is 3.34. The van der Waals surface area contributed by atoms with Gasteiger partial charge in [0, 0.05) is 16.8 Å². The standard InChI is InChI=1S/C16H12ClNO/c17-14-5-7-16-13(10-14)9-12(11-19-16)4-6-15-3-1-2-8-18-15/h1-10H,11H2/b6-4+. The van der Waals surface area contributed by atoms with Gasteiger partial charge in [-0.2, -0.15) is 0 Å². The van der Waals surface area contributed by atoms with E-state index in [-0.39, 0.29) is 0 Å². The van der Waals surface area contributed by atoms with Gasteiger partial charge in [-0.1, -0.05) is 23.7 Å². The van der Waals surface area contributed by atoms with Crippen molar-refractivity contribution < 1.29 is 4.74 Å². The van der Waals surface area contributed by atoms with Crippen LogP contribution in [0.4, 0.5) is 0 Å². The van der Waals surface area contributed by atoms with Crippen LogP contribution < -0.4 is 4.74 Å². The van der Waals surface area contributed by atoms with Gasteiger partial charge < -0.3 is 4.74 Å². The fraction of sp³-hybridized carbons (Fsp3) is 0.0625. The number of hydrogen-bond donors (Lipinski definition) is 0. The van der Waals surface area contributed by atoms with Crippen LogP contribution in [0.3, 0.4) is 0 Å². The lowest BCUT2D eigenvalue weighted by molar-refractivity contribution is 0.351. The maximum Gasteiger partial charge on any atom is 0.127 e. The summed E-state index contributed by atoms with van der Waals surface area (Å²) in [6.45, 7) is 0.567. The van der Waals surface area contributed by atoms with Gasteiger partial charge in [0.1, 0.15) is 12.4 Å². The molecule has 3 rings (SSSR count). The number of rotatable bonds is 2. The molecule has 1 aromatic carbocycles. The minimum absolute atomic E-state index is 0.567. The molecule has 0 amide bonds. The van der Waals surface area contributed by atoms with Crippen LogP contribution in [0.15, 0.2) is 54.2 Å². The molecular formula is C16H12ClNO. The average molecular weight is 270 g/mol. The second kappa shape index (κ2) is 5.29. The van der Waals surface area contributed by atoms with E-state index in [2.05, 4.69) is 11.1 Å². The zero-order valence-corrected chi connectivity index (χ0v) is 11.0. The van der Waals surface area contributed by atoms with Crippen molar-refractivity contribution in [1.82, 2.24) is 4.98 Å². The molecule has 0 radical (unpaired) electrons. The molecule has 1 aromatic heterocycles. The third kappa shape index (κ3) is 2.85. The van der Waals surface area contributed by atoms with Crippen molar-refractivity contribution in [2.45, 2.75) is 0 Å². The van der Waals surface area contributed by atoms with E-state index >= 15 is 0 Å². The lowest BCUT2D eigenvalue weighted by Crippen LogP contribution is -2.05. The Bertz CT molecular complexity index is 647. The van der Waals surface area contributed by atoms with E-state index in [9.17, 15) is 0 Å². The van der Waals surface area contributed by atoms with Gasteiger partial charge in [-0.3, -0.25) is 4.98 Å². The zero-order valence-electron chi connectivity index (χ0n) is 10.2. The first-order valence-corrected chi connectivity index (χ1v) is 6.41. The minimum Gasteiger partial charge on any atom is -0.488 e. The summed E-state index contributed by atoms with van der Waals surface area (Å²) < 4.78 is 5.68. The summed E-state index contributed by atoms with van der Waals surface area (Å²) in [6, 6.07) is 11.5. The van der Waals surface area contributed by atoms with Crippen LogP contribution in [-0.2, 0) is 0 Å². The zero-order chi connectivity index (χ0) is 13.1. The molecule has 2 nitrogen and oxygen atoms in total. The third-order valence-electron chi connectivity index (χ3n) is 2.86. The summed E-state index contributed by atoms with van der Waals surface area (Å²) in [5, 5.41) is 0.716. The molecule has 2 aromatic rings. The van der Waals surface area contributed by atoms with Crippen molar-refractivity contribution >= 4 is 23.8 Å². The molecule has 0 bridgehead atoms. The number of benzene rings is 1. The summed E-state index contributed by atoms with van der Waals surface area (Å²) in [5.41, 5.74) is 3.04. The topological polar surface area (TPSA) is 22.1 Å².